The topological polar surface area (TPSA) is 71.1 Å². The molecular weight excluding hydrogens is 324 g/mol. The van der Waals surface area contributed by atoms with Gasteiger partial charge in [0.2, 0.25) is 6.10 Å². The summed E-state index contributed by atoms with van der Waals surface area (Å²) < 4.78 is 23.5. The van der Waals surface area contributed by atoms with Gasteiger partial charge in [0, 0.05) is 6.42 Å². The molecule has 3 saturated heterocycles. The van der Waals surface area contributed by atoms with Crippen LogP contribution in [0.15, 0.2) is 0 Å². The Morgan fingerprint density at radius 3 is 2.60 bits per heavy atom. The molecule has 25 heavy (non-hydrogen) atoms. The highest BCUT2D eigenvalue weighted by Gasteiger charge is 2.64. The predicted molar refractivity (Wildman–Crippen MR) is 87.8 cm³/mol. The Balaban J connectivity index is 1.45. The average Bonchev–Trinajstić information content (AvgIpc) is 3.17. The molecule has 5 atom stereocenters. The summed E-state index contributed by atoms with van der Waals surface area (Å²) in [5.41, 5.74) is -0.737. The van der Waals surface area contributed by atoms with E-state index in [0.717, 1.165) is 19.3 Å². The van der Waals surface area contributed by atoms with Gasteiger partial charge in [-0.3, -0.25) is 4.79 Å². The summed E-state index contributed by atoms with van der Waals surface area (Å²) in [4.78, 5) is 24.6. The van der Waals surface area contributed by atoms with Gasteiger partial charge in [0.25, 0.3) is 0 Å². The minimum absolute atomic E-state index is 0.0680. The van der Waals surface area contributed by atoms with Gasteiger partial charge in [-0.2, -0.15) is 0 Å². The van der Waals surface area contributed by atoms with Gasteiger partial charge in [-0.25, -0.2) is 4.79 Å². The van der Waals surface area contributed by atoms with Crippen molar-refractivity contribution in [3.63, 3.8) is 0 Å². The van der Waals surface area contributed by atoms with Crippen LogP contribution in [0.5, 0.6) is 0 Å². The molecule has 0 bridgehead atoms. The number of carbonyl (C=O) groups is 2. The van der Waals surface area contributed by atoms with Crippen LogP contribution in [0.3, 0.4) is 0 Å². The van der Waals surface area contributed by atoms with E-state index in [2.05, 4.69) is 0 Å². The zero-order chi connectivity index (χ0) is 17.8. The van der Waals surface area contributed by atoms with Crippen molar-refractivity contribution in [3.8, 4) is 0 Å². The minimum atomic E-state index is -0.972. The number of rotatable bonds is 3. The van der Waals surface area contributed by atoms with Crippen LogP contribution in [0.1, 0.15) is 65.7 Å². The van der Waals surface area contributed by atoms with E-state index in [1.807, 2.05) is 20.8 Å². The molecule has 4 fully saturated rings. The van der Waals surface area contributed by atoms with Crippen molar-refractivity contribution < 1.29 is 28.5 Å². The lowest BCUT2D eigenvalue weighted by Gasteiger charge is -2.34. The van der Waals surface area contributed by atoms with Gasteiger partial charge in [0.1, 0.15) is 12.2 Å². The highest BCUT2D eigenvalue weighted by atomic mass is 16.7. The first-order valence-corrected chi connectivity index (χ1v) is 9.60. The third-order valence-corrected chi connectivity index (χ3v) is 6.52. The molecule has 6 nitrogen and oxygen atoms in total. The Morgan fingerprint density at radius 1 is 1.20 bits per heavy atom. The summed E-state index contributed by atoms with van der Waals surface area (Å²) in [5.74, 6) is -0.898. The number of esters is 2. The lowest BCUT2D eigenvalue weighted by Crippen LogP contribution is -2.41. The maximum atomic E-state index is 12.4. The maximum absolute atomic E-state index is 12.4. The average molecular weight is 352 g/mol. The number of hydrogen-bond donors (Lipinski definition) is 0. The summed E-state index contributed by atoms with van der Waals surface area (Å²) in [7, 11) is 0. The van der Waals surface area contributed by atoms with Gasteiger partial charge >= 0.3 is 11.9 Å². The van der Waals surface area contributed by atoms with E-state index >= 15 is 0 Å². The fraction of sp³-hybridized carbons (Fsp3) is 0.895. The summed E-state index contributed by atoms with van der Waals surface area (Å²) in [6.07, 6.45) is 4.95. The summed E-state index contributed by atoms with van der Waals surface area (Å²) in [5, 5.41) is 0. The summed E-state index contributed by atoms with van der Waals surface area (Å²) in [6, 6.07) is 0. The van der Waals surface area contributed by atoms with E-state index in [4.69, 9.17) is 18.9 Å². The molecule has 0 amide bonds. The van der Waals surface area contributed by atoms with E-state index in [0.29, 0.717) is 6.42 Å². The normalized spacial score (nSPS) is 39.2. The summed E-state index contributed by atoms with van der Waals surface area (Å²) >= 11 is 0. The van der Waals surface area contributed by atoms with Gasteiger partial charge in [-0.1, -0.05) is 26.2 Å². The Hall–Kier alpha value is -1.14. The molecule has 140 valence electrons. The van der Waals surface area contributed by atoms with Gasteiger partial charge < -0.3 is 18.9 Å². The first kappa shape index (κ1) is 17.3. The quantitative estimate of drug-likeness (QED) is 0.727. The van der Waals surface area contributed by atoms with Gasteiger partial charge in [0.05, 0.1) is 17.1 Å². The predicted octanol–water partition coefficient (Wildman–Crippen LogP) is 2.52. The standard InChI is InChI=1S/C19H28O6/c1-4-18(2,3)17(21)24-15-14-13(23-16(15)20)12-11(22-14)10-19(25-12)8-6-5-7-9-19/h11-15H,4-10H2,1-3H3/t11?,12-,13+,14-,15?/m0/s1. The van der Waals surface area contributed by atoms with Crippen LogP contribution in [-0.4, -0.2) is 48.1 Å². The highest BCUT2D eigenvalue weighted by molar-refractivity contribution is 5.84. The second-order valence-corrected chi connectivity index (χ2v) is 8.63. The fourth-order valence-corrected chi connectivity index (χ4v) is 4.53. The van der Waals surface area contributed by atoms with Crippen molar-refractivity contribution >= 4 is 11.9 Å². The van der Waals surface area contributed by atoms with Crippen molar-refractivity contribution in [2.24, 2.45) is 5.41 Å². The molecule has 3 heterocycles. The highest BCUT2D eigenvalue weighted by Crippen LogP contribution is 2.49. The Bertz CT molecular complexity index is 564. The van der Waals surface area contributed by atoms with Crippen molar-refractivity contribution in [3.05, 3.63) is 0 Å². The van der Waals surface area contributed by atoms with E-state index in [9.17, 15) is 9.59 Å². The van der Waals surface area contributed by atoms with Gasteiger partial charge in [-0.15, -0.1) is 0 Å². The Labute approximate surface area is 148 Å². The van der Waals surface area contributed by atoms with Crippen molar-refractivity contribution in [1.82, 2.24) is 0 Å². The molecule has 1 aliphatic carbocycles. The van der Waals surface area contributed by atoms with Crippen LogP contribution in [0, 0.1) is 5.41 Å². The molecule has 0 aromatic rings. The van der Waals surface area contributed by atoms with Gasteiger partial charge in [-0.05, 0) is 33.1 Å². The number of hydrogen-bond acceptors (Lipinski definition) is 6. The van der Waals surface area contributed by atoms with Crippen molar-refractivity contribution in [2.75, 3.05) is 0 Å². The zero-order valence-electron chi connectivity index (χ0n) is 15.3. The largest absolute Gasteiger partial charge is 0.454 e. The van der Waals surface area contributed by atoms with E-state index in [-0.39, 0.29) is 23.8 Å². The van der Waals surface area contributed by atoms with Crippen molar-refractivity contribution in [1.29, 1.82) is 0 Å². The van der Waals surface area contributed by atoms with Crippen molar-refractivity contribution in [2.45, 2.75) is 102 Å². The molecule has 4 rings (SSSR count). The number of ether oxygens (including phenoxy) is 4. The smallest absolute Gasteiger partial charge is 0.350 e. The molecule has 1 spiro atoms. The first-order valence-electron chi connectivity index (χ1n) is 9.60. The molecule has 0 N–H and O–H groups in total. The first-order chi connectivity index (χ1) is 11.9. The van der Waals surface area contributed by atoms with Crippen LogP contribution < -0.4 is 0 Å². The van der Waals surface area contributed by atoms with Gasteiger partial charge in [0.15, 0.2) is 6.10 Å². The lowest BCUT2D eigenvalue weighted by atomic mass is 9.82. The van der Waals surface area contributed by atoms with Crippen LogP contribution in [0.2, 0.25) is 0 Å². The van der Waals surface area contributed by atoms with E-state index in [1.165, 1.54) is 19.3 Å². The SMILES string of the molecule is CCC(C)(C)C(=O)OC1C(=O)O[C@H]2[C@@H]1OC1CC3(CCCCC3)O[C@@H]12. The molecular formula is C19H28O6. The number of fused-ring (bicyclic) bond motifs is 3. The minimum Gasteiger partial charge on any atom is -0.454 e. The van der Waals surface area contributed by atoms with Crippen LogP contribution in [-0.2, 0) is 28.5 Å². The third kappa shape index (κ3) is 2.78. The second kappa shape index (κ2) is 5.95. The molecule has 3 aliphatic heterocycles. The molecule has 0 radical (unpaired) electrons. The fourth-order valence-electron chi connectivity index (χ4n) is 4.53. The van der Waals surface area contributed by atoms with Crippen LogP contribution in [0.25, 0.3) is 0 Å². The van der Waals surface area contributed by atoms with Crippen LogP contribution >= 0.6 is 0 Å². The lowest BCUT2D eigenvalue weighted by molar-refractivity contribution is -0.173. The zero-order valence-corrected chi connectivity index (χ0v) is 15.3. The molecule has 6 heteroatoms. The molecule has 0 aromatic heterocycles. The Kier molecular flexibility index (Phi) is 4.11. The monoisotopic (exact) mass is 352 g/mol. The molecule has 4 aliphatic rings. The third-order valence-electron chi connectivity index (χ3n) is 6.52. The van der Waals surface area contributed by atoms with E-state index < -0.39 is 29.7 Å². The Morgan fingerprint density at radius 2 is 1.92 bits per heavy atom. The summed E-state index contributed by atoms with van der Waals surface area (Å²) in [6.45, 7) is 5.55. The van der Waals surface area contributed by atoms with E-state index in [1.54, 1.807) is 0 Å². The second-order valence-electron chi connectivity index (χ2n) is 8.63. The number of carbonyl (C=O) groups excluding carboxylic acids is 2. The molecule has 0 aromatic carbocycles. The maximum Gasteiger partial charge on any atom is 0.350 e. The molecule has 1 saturated carbocycles. The molecule has 2 unspecified atom stereocenters. The van der Waals surface area contributed by atoms with Crippen LogP contribution in [0.4, 0.5) is 0 Å².